The molecule has 0 radical (unpaired) electrons. The van der Waals surface area contributed by atoms with Gasteiger partial charge in [0.15, 0.2) is 0 Å². The Bertz CT molecular complexity index is 1380. The Kier molecular flexibility index (Phi) is 5.86. The third kappa shape index (κ3) is 3.95. The van der Waals surface area contributed by atoms with E-state index >= 15 is 0 Å². The lowest BCUT2D eigenvalue weighted by atomic mass is 9.98. The molecule has 7 heteroatoms. The number of nitrogens with one attached hydrogen (secondary N) is 1. The number of carbonyl (C=O) groups excluding carboxylic acids is 1. The largest absolute Gasteiger partial charge is 0.478 e. The number of carboxylic acids is 1. The van der Waals surface area contributed by atoms with E-state index < -0.39 is 12.1 Å². The molecule has 0 saturated carbocycles. The van der Waals surface area contributed by atoms with Crippen LogP contribution in [-0.4, -0.2) is 23.8 Å². The molecule has 1 amide bonds. The number of hydrogen-bond donors (Lipinski definition) is 2. The minimum Gasteiger partial charge on any atom is -0.478 e. The van der Waals surface area contributed by atoms with Gasteiger partial charge < -0.3 is 9.84 Å². The number of ether oxygens (including phenoxy) is 1. The zero-order chi connectivity index (χ0) is 23.8. The van der Waals surface area contributed by atoms with E-state index in [0.29, 0.717) is 16.1 Å². The summed E-state index contributed by atoms with van der Waals surface area (Å²) in [5.74, 6) is -1.21. The second-order valence-electron chi connectivity index (χ2n) is 8.00. The Labute approximate surface area is 205 Å². The number of halogens is 1. The van der Waals surface area contributed by atoms with Gasteiger partial charge in [0.1, 0.15) is 17.2 Å². The predicted octanol–water partition coefficient (Wildman–Crippen LogP) is 7.44. The highest BCUT2D eigenvalue weighted by Gasteiger charge is 2.30. The Morgan fingerprint density at radius 2 is 1.65 bits per heavy atom. The van der Waals surface area contributed by atoms with Gasteiger partial charge >= 0.3 is 12.1 Å². The van der Waals surface area contributed by atoms with E-state index in [0.717, 1.165) is 27.1 Å². The molecular weight excluding hydrogens is 470 g/mol. The zero-order valence-corrected chi connectivity index (χ0v) is 19.7. The van der Waals surface area contributed by atoms with E-state index in [1.165, 1.54) is 11.3 Å². The van der Waals surface area contributed by atoms with Crippen molar-refractivity contribution in [2.75, 3.05) is 11.9 Å². The maximum absolute atomic E-state index is 12.7. The maximum atomic E-state index is 12.7. The number of aryl methyl sites for hydroxylation is 1. The van der Waals surface area contributed by atoms with Gasteiger partial charge in [-0.25, -0.2) is 9.59 Å². The first-order valence-electron chi connectivity index (χ1n) is 10.7. The molecule has 1 heterocycles. The quantitative estimate of drug-likeness (QED) is 0.305. The summed E-state index contributed by atoms with van der Waals surface area (Å²) in [5, 5.41) is 13.3. The highest BCUT2D eigenvalue weighted by Crippen LogP contribution is 2.45. The van der Waals surface area contributed by atoms with Crippen molar-refractivity contribution in [3.63, 3.8) is 0 Å². The number of fused-ring (bicyclic) bond motifs is 3. The van der Waals surface area contributed by atoms with Crippen molar-refractivity contribution in [2.45, 2.75) is 12.8 Å². The van der Waals surface area contributed by atoms with Gasteiger partial charge in [0.2, 0.25) is 0 Å². The van der Waals surface area contributed by atoms with Crippen LogP contribution in [0.3, 0.4) is 0 Å². The molecular formula is C27H20ClNO4S. The van der Waals surface area contributed by atoms with Crippen molar-refractivity contribution >= 4 is 40.0 Å². The molecule has 0 bridgehead atoms. The van der Waals surface area contributed by atoms with Crippen LogP contribution in [0.1, 0.15) is 32.3 Å². The lowest BCUT2D eigenvalue weighted by molar-refractivity contribution is 0.0699. The number of carboxylic acid groups (broad SMARTS) is 1. The predicted molar refractivity (Wildman–Crippen MR) is 135 cm³/mol. The Balaban J connectivity index is 1.38. The molecule has 0 unspecified atom stereocenters. The van der Waals surface area contributed by atoms with Crippen LogP contribution >= 0.6 is 22.9 Å². The Hall–Kier alpha value is -3.61. The molecule has 5 nitrogen and oxygen atoms in total. The first-order chi connectivity index (χ1) is 16.4. The minimum atomic E-state index is -1.13. The van der Waals surface area contributed by atoms with Gasteiger partial charge in [-0.05, 0) is 46.9 Å². The van der Waals surface area contributed by atoms with Crippen molar-refractivity contribution < 1.29 is 19.4 Å². The number of carbonyl (C=O) groups is 2. The molecule has 4 aromatic rings. The molecule has 0 atom stereocenters. The number of amides is 1. The third-order valence-corrected chi connectivity index (χ3v) is 7.23. The normalized spacial score (nSPS) is 12.2. The summed E-state index contributed by atoms with van der Waals surface area (Å²) < 4.78 is 5.59. The van der Waals surface area contributed by atoms with E-state index in [9.17, 15) is 14.7 Å². The van der Waals surface area contributed by atoms with Crippen LogP contribution in [-0.2, 0) is 4.74 Å². The van der Waals surface area contributed by atoms with Gasteiger partial charge in [-0.1, -0.05) is 72.3 Å². The standard InChI is InChI=1S/C27H20ClNO4S/c1-15-23(16-7-6-8-17(28)13-16)24(26(30)31)25(34-15)29-27(32)33-14-22-20-11-4-2-9-18(20)19-10-3-5-12-21(19)22/h2-13,22H,14H2,1H3,(H,29,32)(H,30,31). The van der Waals surface area contributed by atoms with Crippen molar-refractivity contribution in [1.82, 2.24) is 0 Å². The fourth-order valence-corrected chi connectivity index (χ4v) is 5.80. The summed E-state index contributed by atoms with van der Waals surface area (Å²) in [5.41, 5.74) is 5.74. The lowest BCUT2D eigenvalue weighted by Crippen LogP contribution is -2.18. The van der Waals surface area contributed by atoms with Crippen molar-refractivity contribution in [2.24, 2.45) is 0 Å². The number of benzene rings is 3. The molecule has 5 rings (SSSR count). The van der Waals surface area contributed by atoms with Gasteiger partial charge in [-0.15, -0.1) is 11.3 Å². The van der Waals surface area contributed by atoms with E-state index in [2.05, 4.69) is 17.4 Å². The lowest BCUT2D eigenvalue weighted by Gasteiger charge is -2.14. The Morgan fingerprint density at radius 1 is 1.00 bits per heavy atom. The van der Waals surface area contributed by atoms with Crippen LogP contribution in [0.25, 0.3) is 22.3 Å². The summed E-state index contributed by atoms with van der Waals surface area (Å²) in [6, 6.07) is 23.2. The first-order valence-corrected chi connectivity index (χ1v) is 11.9. The second kappa shape index (κ2) is 8.97. The van der Waals surface area contributed by atoms with Crippen LogP contribution in [0.15, 0.2) is 72.8 Å². The van der Waals surface area contributed by atoms with Crippen LogP contribution < -0.4 is 5.32 Å². The third-order valence-electron chi connectivity index (χ3n) is 5.97. The Morgan fingerprint density at radius 3 is 2.26 bits per heavy atom. The topological polar surface area (TPSA) is 75.6 Å². The highest BCUT2D eigenvalue weighted by molar-refractivity contribution is 7.17. The van der Waals surface area contributed by atoms with Crippen molar-refractivity contribution in [1.29, 1.82) is 0 Å². The second-order valence-corrected chi connectivity index (χ2v) is 9.66. The fourth-order valence-electron chi connectivity index (χ4n) is 4.56. The summed E-state index contributed by atoms with van der Waals surface area (Å²) in [6.07, 6.45) is -0.691. The van der Waals surface area contributed by atoms with Gasteiger partial charge in [-0.2, -0.15) is 0 Å². The number of rotatable bonds is 5. The molecule has 0 aliphatic heterocycles. The first kappa shape index (κ1) is 22.2. The monoisotopic (exact) mass is 489 g/mol. The van der Waals surface area contributed by atoms with Crippen LogP contribution in [0.2, 0.25) is 5.02 Å². The summed E-state index contributed by atoms with van der Waals surface area (Å²) in [7, 11) is 0. The van der Waals surface area contributed by atoms with Gasteiger partial charge in [0, 0.05) is 21.4 Å². The molecule has 0 fully saturated rings. The summed E-state index contributed by atoms with van der Waals surface area (Å²) in [4.78, 5) is 25.6. The van der Waals surface area contributed by atoms with Crippen LogP contribution in [0.4, 0.5) is 9.80 Å². The molecule has 1 aliphatic carbocycles. The van der Waals surface area contributed by atoms with E-state index in [4.69, 9.17) is 16.3 Å². The van der Waals surface area contributed by atoms with Crippen molar-refractivity contribution in [3.8, 4) is 22.3 Å². The highest BCUT2D eigenvalue weighted by atomic mass is 35.5. The van der Waals surface area contributed by atoms with Gasteiger partial charge in [0.05, 0.1) is 0 Å². The van der Waals surface area contributed by atoms with E-state index in [1.54, 1.807) is 24.3 Å². The molecule has 34 heavy (non-hydrogen) atoms. The molecule has 0 spiro atoms. The average Bonchev–Trinajstić information content (AvgIpc) is 3.32. The summed E-state index contributed by atoms with van der Waals surface area (Å²) >= 11 is 7.31. The molecule has 1 aliphatic rings. The smallest absolute Gasteiger partial charge is 0.412 e. The number of aromatic carboxylic acids is 1. The van der Waals surface area contributed by atoms with Gasteiger partial charge in [-0.3, -0.25) is 5.32 Å². The number of hydrogen-bond acceptors (Lipinski definition) is 4. The average molecular weight is 490 g/mol. The van der Waals surface area contributed by atoms with E-state index in [-0.39, 0.29) is 23.1 Å². The molecule has 170 valence electrons. The van der Waals surface area contributed by atoms with E-state index in [1.807, 2.05) is 43.3 Å². The molecule has 2 N–H and O–H groups in total. The van der Waals surface area contributed by atoms with Gasteiger partial charge in [0.25, 0.3) is 0 Å². The van der Waals surface area contributed by atoms with Crippen LogP contribution in [0, 0.1) is 6.92 Å². The van der Waals surface area contributed by atoms with Crippen LogP contribution in [0.5, 0.6) is 0 Å². The summed E-state index contributed by atoms with van der Waals surface area (Å²) in [6.45, 7) is 1.96. The minimum absolute atomic E-state index is 0.0262. The van der Waals surface area contributed by atoms with Crippen molar-refractivity contribution in [3.05, 3.63) is 99.4 Å². The molecule has 1 aromatic heterocycles. The number of thiophene rings is 1. The molecule has 3 aromatic carbocycles. The number of anilines is 1. The zero-order valence-electron chi connectivity index (χ0n) is 18.2. The maximum Gasteiger partial charge on any atom is 0.412 e. The molecule has 0 saturated heterocycles. The SMILES string of the molecule is Cc1sc(NC(=O)OCC2c3ccccc3-c3ccccc32)c(C(=O)O)c1-c1cccc(Cl)c1. The fraction of sp³-hybridized carbons (Fsp3) is 0.111.